The average Bonchev–Trinajstić information content (AvgIpc) is 3.04. The van der Waals surface area contributed by atoms with Crippen molar-refractivity contribution in [1.29, 1.82) is 0 Å². The lowest BCUT2D eigenvalue weighted by Crippen LogP contribution is -2.35. The summed E-state index contributed by atoms with van der Waals surface area (Å²) in [5, 5.41) is 12.8. The van der Waals surface area contributed by atoms with Gasteiger partial charge in [-0.15, -0.1) is 0 Å². The van der Waals surface area contributed by atoms with Crippen LogP contribution in [0.2, 0.25) is 0 Å². The lowest BCUT2D eigenvalue weighted by atomic mass is 10.1. The molecule has 128 valence electrons. The molecule has 1 aliphatic heterocycles. The first kappa shape index (κ1) is 15.7. The van der Waals surface area contributed by atoms with Gasteiger partial charge in [0.15, 0.2) is 0 Å². The Morgan fingerprint density at radius 3 is 2.60 bits per heavy atom. The van der Waals surface area contributed by atoms with Crippen molar-refractivity contribution in [3.63, 3.8) is 0 Å². The molecule has 2 N–H and O–H groups in total. The van der Waals surface area contributed by atoms with Crippen LogP contribution in [-0.2, 0) is 19.5 Å². The topological polar surface area (TPSA) is 53.3 Å². The van der Waals surface area contributed by atoms with E-state index in [1.165, 1.54) is 11.3 Å². The maximum atomic E-state index is 9.36. The number of rotatable bonds is 5. The molecule has 25 heavy (non-hydrogen) atoms. The van der Waals surface area contributed by atoms with Crippen LogP contribution in [0, 0.1) is 0 Å². The van der Waals surface area contributed by atoms with E-state index in [0.29, 0.717) is 5.75 Å². The number of nitrogens with zero attached hydrogens (tertiary/aromatic N) is 3. The molecule has 1 aliphatic rings. The van der Waals surface area contributed by atoms with E-state index < -0.39 is 0 Å². The third-order valence-corrected chi connectivity index (χ3v) is 4.65. The van der Waals surface area contributed by atoms with Gasteiger partial charge in [0.25, 0.3) is 0 Å². The summed E-state index contributed by atoms with van der Waals surface area (Å²) in [6.07, 6.45) is 2.96. The number of fused-ring (bicyclic) bond motifs is 1. The smallest absolute Gasteiger partial charge is 0.207 e. The van der Waals surface area contributed by atoms with Gasteiger partial charge in [-0.25, -0.2) is 4.98 Å². The highest BCUT2D eigenvalue weighted by Crippen LogP contribution is 2.21. The van der Waals surface area contributed by atoms with Crippen LogP contribution in [0.5, 0.6) is 5.75 Å². The monoisotopic (exact) mass is 334 g/mol. The maximum Gasteiger partial charge on any atom is 0.207 e. The Hall–Kier alpha value is -2.79. The summed E-state index contributed by atoms with van der Waals surface area (Å²) in [6.45, 7) is 3.89. The number of aromatic hydroxyl groups is 1. The molecule has 5 heteroatoms. The van der Waals surface area contributed by atoms with E-state index in [-0.39, 0.29) is 0 Å². The van der Waals surface area contributed by atoms with Crippen LogP contribution in [0.15, 0.2) is 60.8 Å². The van der Waals surface area contributed by atoms with Crippen LogP contribution < -0.4 is 5.32 Å². The summed E-state index contributed by atoms with van der Waals surface area (Å²) >= 11 is 0. The average molecular weight is 334 g/mol. The Kier molecular flexibility index (Phi) is 4.39. The zero-order valence-corrected chi connectivity index (χ0v) is 14.1. The summed E-state index contributed by atoms with van der Waals surface area (Å²) in [5.74, 6) is 1.24. The lowest BCUT2D eigenvalue weighted by molar-refractivity contribution is 0.225. The highest BCUT2D eigenvalue weighted by Gasteiger charge is 2.19. The van der Waals surface area contributed by atoms with Crippen LogP contribution in [0.3, 0.4) is 0 Å². The zero-order chi connectivity index (χ0) is 17.1. The van der Waals surface area contributed by atoms with Gasteiger partial charge in [-0.2, -0.15) is 0 Å². The summed E-state index contributed by atoms with van der Waals surface area (Å²) in [5.41, 5.74) is 3.56. The van der Waals surface area contributed by atoms with Gasteiger partial charge in [-0.1, -0.05) is 30.3 Å². The molecule has 0 radical (unpaired) electrons. The van der Waals surface area contributed by atoms with Gasteiger partial charge >= 0.3 is 0 Å². The predicted octanol–water partition coefficient (Wildman–Crippen LogP) is 3.39. The Bertz CT molecular complexity index is 827. The van der Waals surface area contributed by atoms with E-state index in [0.717, 1.165) is 44.2 Å². The third kappa shape index (κ3) is 3.67. The molecule has 0 spiro atoms. The van der Waals surface area contributed by atoms with Gasteiger partial charge in [-0.05, 0) is 36.2 Å². The Labute approximate surface area is 147 Å². The van der Waals surface area contributed by atoms with Gasteiger partial charge < -0.3 is 15.0 Å². The van der Waals surface area contributed by atoms with Gasteiger partial charge in [0.2, 0.25) is 5.95 Å². The number of phenolic OH excluding ortho intramolecular Hbond substituents is 1. The SMILES string of the molecule is Oc1ccc(CCN2CCn3c(cnc3Nc3ccccc3)C2)cc1. The number of anilines is 2. The summed E-state index contributed by atoms with van der Waals surface area (Å²) in [7, 11) is 0. The number of hydrogen-bond donors (Lipinski definition) is 2. The molecular weight excluding hydrogens is 312 g/mol. The second-order valence-electron chi connectivity index (χ2n) is 6.41. The summed E-state index contributed by atoms with van der Waals surface area (Å²) in [6, 6.07) is 17.6. The van der Waals surface area contributed by atoms with Crippen molar-refractivity contribution in [3.05, 3.63) is 72.1 Å². The van der Waals surface area contributed by atoms with Crippen molar-refractivity contribution in [2.75, 3.05) is 18.4 Å². The van der Waals surface area contributed by atoms with Gasteiger partial charge in [0.1, 0.15) is 5.75 Å². The molecule has 4 rings (SSSR count). The second-order valence-corrected chi connectivity index (χ2v) is 6.41. The van der Waals surface area contributed by atoms with Crippen LogP contribution in [-0.4, -0.2) is 32.6 Å². The molecule has 2 aromatic carbocycles. The summed E-state index contributed by atoms with van der Waals surface area (Å²) < 4.78 is 2.27. The molecule has 0 aliphatic carbocycles. The molecule has 0 fully saturated rings. The molecule has 0 unspecified atom stereocenters. The number of imidazole rings is 1. The minimum absolute atomic E-state index is 0.323. The van der Waals surface area contributed by atoms with E-state index in [9.17, 15) is 5.11 Å². The molecule has 0 saturated heterocycles. The Morgan fingerprint density at radius 2 is 1.80 bits per heavy atom. The fraction of sp³-hybridized carbons (Fsp3) is 0.250. The molecule has 5 nitrogen and oxygen atoms in total. The molecule has 1 aromatic heterocycles. The van der Waals surface area contributed by atoms with Crippen LogP contribution in [0.1, 0.15) is 11.3 Å². The summed E-state index contributed by atoms with van der Waals surface area (Å²) in [4.78, 5) is 7.01. The minimum Gasteiger partial charge on any atom is -0.508 e. The molecule has 3 aromatic rings. The number of hydrogen-bond acceptors (Lipinski definition) is 4. The Morgan fingerprint density at radius 1 is 1.00 bits per heavy atom. The first-order valence-electron chi connectivity index (χ1n) is 8.65. The molecule has 0 bridgehead atoms. The quantitative estimate of drug-likeness (QED) is 0.751. The van der Waals surface area contributed by atoms with Gasteiger partial charge in [-0.3, -0.25) is 4.90 Å². The number of aromatic nitrogens is 2. The Balaban J connectivity index is 1.38. The highest BCUT2D eigenvalue weighted by molar-refractivity contribution is 5.53. The third-order valence-electron chi connectivity index (χ3n) is 4.65. The van der Waals surface area contributed by atoms with Crippen molar-refractivity contribution >= 4 is 11.6 Å². The maximum absolute atomic E-state index is 9.36. The molecule has 0 saturated carbocycles. The standard InChI is InChI=1S/C20H22N4O/c25-19-8-6-16(7-9-19)10-11-23-12-13-24-18(15-23)14-21-20(24)22-17-4-2-1-3-5-17/h1-9,14,25H,10-13,15H2,(H,21,22). The fourth-order valence-corrected chi connectivity index (χ4v) is 3.23. The van der Waals surface area contributed by atoms with Gasteiger partial charge in [0, 0.05) is 31.9 Å². The predicted molar refractivity (Wildman–Crippen MR) is 99.0 cm³/mol. The number of benzene rings is 2. The van der Waals surface area contributed by atoms with Crippen LogP contribution in [0.25, 0.3) is 0 Å². The first-order chi connectivity index (χ1) is 12.3. The fourth-order valence-electron chi connectivity index (χ4n) is 3.23. The highest BCUT2D eigenvalue weighted by atomic mass is 16.3. The van der Waals surface area contributed by atoms with Crippen molar-refractivity contribution in [1.82, 2.24) is 14.5 Å². The van der Waals surface area contributed by atoms with E-state index in [2.05, 4.69) is 31.9 Å². The van der Waals surface area contributed by atoms with Crippen LogP contribution in [0.4, 0.5) is 11.6 Å². The van der Waals surface area contributed by atoms with E-state index in [1.54, 1.807) is 12.1 Å². The molecule has 2 heterocycles. The number of phenols is 1. The van der Waals surface area contributed by atoms with E-state index in [4.69, 9.17) is 0 Å². The van der Waals surface area contributed by atoms with Gasteiger partial charge in [0.05, 0.1) is 11.9 Å². The van der Waals surface area contributed by atoms with Crippen molar-refractivity contribution < 1.29 is 5.11 Å². The largest absolute Gasteiger partial charge is 0.508 e. The van der Waals surface area contributed by atoms with E-state index in [1.807, 2.05) is 36.5 Å². The number of nitrogens with one attached hydrogen (secondary N) is 1. The van der Waals surface area contributed by atoms with Crippen molar-refractivity contribution in [2.24, 2.45) is 0 Å². The minimum atomic E-state index is 0.323. The number of para-hydroxylation sites is 1. The zero-order valence-electron chi connectivity index (χ0n) is 14.1. The normalized spacial score (nSPS) is 14.2. The first-order valence-corrected chi connectivity index (χ1v) is 8.65. The van der Waals surface area contributed by atoms with E-state index >= 15 is 0 Å². The van der Waals surface area contributed by atoms with Crippen molar-refractivity contribution in [2.45, 2.75) is 19.5 Å². The molecule has 0 amide bonds. The van der Waals surface area contributed by atoms with Crippen LogP contribution >= 0.6 is 0 Å². The molecule has 0 atom stereocenters. The lowest BCUT2D eigenvalue weighted by Gasteiger charge is -2.28. The van der Waals surface area contributed by atoms with Crippen molar-refractivity contribution in [3.8, 4) is 5.75 Å². The molecular formula is C20H22N4O. The second kappa shape index (κ2) is 6.99.